The summed E-state index contributed by atoms with van der Waals surface area (Å²) in [6.45, 7) is 2.68. The van der Waals surface area contributed by atoms with Crippen LogP contribution in [0, 0.1) is 0 Å². The highest BCUT2D eigenvalue weighted by molar-refractivity contribution is 7.07. The van der Waals surface area contributed by atoms with Crippen LogP contribution in [0.15, 0.2) is 16.8 Å². The van der Waals surface area contributed by atoms with E-state index in [9.17, 15) is 9.59 Å². The number of imide groups is 1. The fraction of sp³-hybridized carbons (Fsp3) is 0.500. The van der Waals surface area contributed by atoms with Crippen LogP contribution in [0.3, 0.4) is 0 Å². The third kappa shape index (κ3) is 2.70. The molecule has 1 aliphatic rings. The molecule has 0 bridgehead atoms. The molecule has 0 spiro atoms. The average molecular weight is 267 g/mol. The van der Waals surface area contributed by atoms with E-state index in [0.717, 1.165) is 19.4 Å². The van der Waals surface area contributed by atoms with Crippen molar-refractivity contribution in [2.75, 3.05) is 6.54 Å². The van der Waals surface area contributed by atoms with Gasteiger partial charge in [-0.05, 0) is 48.7 Å². The van der Waals surface area contributed by atoms with E-state index in [0.29, 0.717) is 0 Å². The largest absolute Gasteiger partial charge is 0.351 e. The van der Waals surface area contributed by atoms with Crippen molar-refractivity contribution in [1.29, 1.82) is 0 Å². The van der Waals surface area contributed by atoms with Gasteiger partial charge < -0.3 is 5.73 Å². The molecule has 18 heavy (non-hydrogen) atoms. The maximum absolute atomic E-state index is 11.8. The number of nitrogens with one attached hydrogen (secondary N) is 1. The highest BCUT2D eigenvalue weighted by Crippen LogP contribution is 2.34. The second-order valence-corrected chi connectivity index (χ2v) is 5.26. The number of thiophene rings is 1. The molecule has 1 aromatic heterocycles. The van der Waals surface area contributed by atoms with E-state index in [2.05, 4.69) is 21.7 Å². The zero-order valence-electron chi connectivity index (χ0n) is 10.3. The summed E-state index contributed by atoms with van der Waals surface area (Å²) in [7, 11) is 0. The molecule has 0 aromatic carbocycles. The predicted octanol–water partition coefficient (Wildman–Crippen LogP) is 1.47. The molecule has 98 valence electrons. The van der Waals surface area contributed by atoms with Crippen LogP contribution in [0.2, 0.25) is 0 Å². The molecule has 0 aliphatic carbocycles. The van der Waals surface area contributed by atoms with Crippen molar-refractivity contribution in [1.82, 2.24) is 10.2 Å². The second kappa shape index (κ2) is 5.49. The summed E-state index contributed by atoms with van der Waals surface area (Å²) < 4.78 is 0. The van der Waals surface area contributed by atoms with Crippen molar-refractivity contribution in [3.05, 3.63) is 22.4 Å². The molecule has 2 heterocycles. The van der Waals surface area contributed by atoms with E-state index >= 15 is 0 Å². The summed E-state index contributed by atoms with van der Waals surface area (Å²) in [5.74, 6) is -0.329. The van der Waals surface area contributed by atoms with E-state index < -0.39 is 6.03 Å². The number of carbonyl (C=O) groups is 2. The molecule has 2 atom stereocenters. The maximum atomic E-state index is 11.8. The molecule has 1 saturated heterocycles. The standard InChI is InChI=1S/C12H17N3O2S/c1-8(11(16)14-12(13)17)15-5-2-3-10(15)9-4-6-18-7-9/h4,6-8,10H,2-3,5H2,1H3,(H3,13,14,16,17)/t8-,10+/m1/s1. The number of rotatable bonds is 3. The number of nitrogens with zero attached hydrogens (tertiary/aromatic N) is 1. The minimum atomic E-state index is -0.793. The SMILES string of the molecule is C[C@H](C(=O)NC(N)=O)N1CCC[C@H]1c1ccsc1. The third-order valence-electron chi connectivity index (χ3n) is 3.35. The van der Waals surface area contributed by atoms with Crippen LogP contribution in [0.1, 0.15) is 31.4 Å². The van der Waals surface area contributed by atoms with Crippen LogP contribution >= 0.6 is 11.3 Å². The quantitative estimate of drug-likeness (QED) is 0.870. The number of likely N-dealkylation sites (tertiary alicyclic amines) is 1. The van der Waals surface area contributed by atoms with E-state index in [1.54, 1.807) is 11.3 Å². The lowest BCUT2D eigenvalue weighted by Crippen LogP contribution is -2.48. The number of hydrogen-bond acceptors (Lipinski definition) is 4. The van der Waals surface area contributed by atoms with Crippen LogP contribution in [-0.2, 0) is 4.79 Å². The monoisotopic (exact) mass is 267 g/mol. The van der Waals surface area contributed by atoms with Gasteiger partial charge in [-0.1, -0.05) is 0 Å². The average Bonchev–Trinajstić information content (AvgIpc) is 2.97. The third-order valence-corrected chi connectivity index (χ3v) is 4.05. The smallest absolute Gasteiger partial charge is 0.318 e. The van der Waals surface area contributed by atoms with Gasteiger partial charge in [-0.3, -0.25) is 15.0 Å². The lowest BCUT2D eigenvalue weighted by Gasteiger charge is -2.29. The Morgan fingerprint density at radius 1 is 1.61 bits per heavy atom. The summed E-state index contributed by atoms with van der Waals surface area (Å²) in [6, 6.07) is 1.22. The normalized spacial score (nSPS) is 21.7. The number of urea groups is 1. The van der Waals surface area contributed by atoms with Gasteiger partial charge in [0.25, 0.3) is 0 Å². The molecule has 0 radical (unpaired) electrons. The molecular formula is C12H17N3O2S. The van der Waals surface area contributed by atoms with Crippen LogP contribution < -0.4 is 11.1 Å². The first-order chi connectivity index (χ1) is 8.59. The Kier molecular flexibility index (Phi) is 3.98. The Morgan fingerprint density at radius 3 is 3.00 bits per heavy atom. The number of primary amides is 1. The van der Waals surface area contributed by atoms with Gasteiger partial charge in [-0.25, -0.2) is 4.79 Å². The number of amides is 3. The summed E-state index contributed by atoms with van der Waals surface area (Å²) in [5.41, 5.74) is 6.22. The van der Waals surface area contributed by atoms with Crippen LogP contribution in [-0.4, -0.2) is 29.4 Å². The molecule has 6 heteroatoms. The topological polar surface area (TPSA) is 75.4 Å². The highest BCUT2D eigenvalue weighted by Gasteiger charge is 2.33. The van der Waals surface area contributed by atoms with E-state index in [1.807, 2.05) is 12.3 Å². The van der Waals surface area contributed by atoms with Crippen LogP contribution in [0.4, 0.5) is 4.79 Å². The maximum Gasteiger partial charge on any atom is 0.318 e. The number of carbonyl (C=O) groups excluding carboxylic acids is 2. The molecule has 3 N–H and O–H groups in total. The first kappa shape index (κ1) is 13.0. The van der Waals surface area contributed by atoms with Crippen molar-refractivity contribution < 1.29 is 9.59 Å². The number of nitrogens with two attached hydrogens (primary N) is 1. The van der Waals surface area contributed by atoms with Crippen LogP contribution in [0.5, 0.6) is 0 Å². The molecular weight excluding hydrogens is 250 g/mol. The van der Waals surface area contributed by atoms with Crippen molar-refractivity contribution >= 4 is 23.3 Å². The Labute approximate surface area is 110 Å². The van der Waals surface area contributed by atoms with Gasteiger partial charge in [0, 0.05) is 6.04 Å². The first-order valence-corrected chi connectivity index (χ1v) is 6.92. The Balaban J connectivity index is 2.07. The summed E-state index contributed by atoms with van der Waals surface area (Å²) in [6.07, 6.45) is 2.11. The molecule has 1 aliphatic heterocycles. The predicted molar refractivity (Wildman–Crippen MR) is 70.2 cm³/mol. The fourth-order valence-corrected chi connectivity index (χ4v) is 3.16. The molecule has 0 saturated carbocycles. The highest BCUT2D eigenvalue weighted by atomic mass is 32.1. The minimum absolute atomic E-state index is 0.268. The Hall–Kier alpha value is -1.40. The summed E-state index contributed by atoms with van der Waals surface area (Å²) in [4.78, 5) is 24.6. The van der Waals surface area contributed by atoms with Gasteiger partial charge in [0.1, 0.15) is 0 Å². The van der Waals surface area contributed by atoms with E-state index in [4.69, 9.17) is 5.73 Å². The fourth-order valence-electron chi connectivity index (χ4n) is 2.45. The van der Waals surface area contributed by atoms with Crippen molar-refractivity contribution in [3.63, 3.8) is 0 Å². The van der Waals surface area contributed by atoms with E-state index in [1.165, 1.54) is 5.56 Å². The van der Waals surface area contributed by atoms with Gasteiger partial charge >= 0.3 is 6.03 Å². The van der Waals surface area contributed by atoms with Crippen molar-refractivity contribution in [3.8, 4) is 0 Å². The lowest BCUT2D eigenvalue weighted by atomic mass is 10.1. The lowest BCUT2D eigenvalue weighted by molar-refractivity contribution is -0.125. The molecule has 2 rings (SSSR count). The zero-order valence-corrected chi connectivity index (χ0v) is 11.1. The zero-order chi connectivity index (χ0) is 13.1. The van der Waals surface area contributed by atoms with Gasteiger partial charge in [0.15, 0.2) is 0 Å². The van der Waals surface area contributed by atoms with Gasteiger partial charge in [-0.2, -0.15) is 11.3 Å². The number of hydrogen-bond donors (Lipinski definition) is 2. The molecule has 1 fully saturated rings. The molecule has 5 nitrogen and oxygen atoms in total. The molecule has 0 unspecified atom stereocenters. The van der Waals surface area contributed by atoms with Gasteiger partial charge in [0.2, 0.25) is 5.91 Å². The molecule has 1 aromatic rings. The van der Waals surface area contributed by atoms with Crippen molar-refractivity contribution in [2.24, 2.45) is 5.73 Å². The van der Waals surface area contributed by atoms with E-state index in [-0.39, 0.29) is 18.0 Å². The summed E-state index contributed by atoms with van der Waals surface area (Å²) >= 11 is 1.66. The van der Waals surface area contributed by atoms with Crippen molar-refractivity contribution in [2.45, 2.75) is 31.8 Å². The van der Waals surface area contributed by atoms with Gasteiger partial charge in [0.05, 0.1) is 6.04 Å². The molecule has 3 amide bonds. The Morgan fingerprint density at radius 2 is 2.39 bits per heavy atom. The summed E-state index contributed by atoms with van der Waals surface area (Å²) in [5, 5.41) is 6.30. The Bertz CT molecular complexity index is 433. The second-order valence-electron chi connectivity index (χ2n) is 4.48. The van der Waals surface area contributed by atoms with Crippen LogP contribution in [0.25, 0.3) is 0 Å². The first-order valence-electron chi connectivity index (χ1n) is 5.97. The minimum Gasteiger partial charge on any atom is -0.351 e. The van der Waals surface area contributed by atoms with Gasteiger partial charge in [-0.15, -0.1) is 0 Å².